The summed E-state index contributed by atoms with van der Waals surface area (Å²) >= 11 is 1.22. The molecule has 0 aromatic carbocycles. The largest absolute Gasteiger partial charge is 0.302 e. The van der Waals surface area contributed by atoms with E-state index >= 15 is 0 Å². The monoisotopic (exact) mass is 332 g/mol. The molecule has 2 aromatic heterocycles. The highest BCUT2D eigenvalue weighted by Gasteiger charge is 2.17. The van der Waals surface area contributed by atoms with Crippen LogP contribution in [0.2, 0.25) is 0 Å². The number of carbonyl (C=O) groups is 1. The van der Waals surface area contributed by atoms with Crippen molar-refractivity contribution in [1.82, 2.24) is 10.3 Å². The van der Waals surface area contributed by atoms with Gasteiger partial charge in [0.25, 0.3) is 6.20 Å². The van der Waals surface area contributed by atoms with Crippen molar-refractivity contribution in [3.63, 3.8) is 0 Å². The molecule has 0 unspecified atom stereocenters. The molecule has 0 saturated carbocycles. The number of carbonyl (C=O) groups excluding carboxylic acids is 1. The average Bonchev–Trinajstić information content (AvgIpc) is 2.96. The summed E-state index contributed by atoms with van der Waals surface area (Å²) in [7, 11) is 0. The Bertz CT molecular complexity index is 764. The van der Waals surface area contributed by atoms with Crippen molar-refractivity contribution in [3.05, 3.63) is 29.1 Å². The minimum Gasteiger partial charge on any atom is -0.288 e. The Kier molecular flexibility index (Phi) is 5.34. The summed E-state index contributed by atoms with van der Waals surface area (Å²) in [5.74, 6) is 0.177. The first-order valence-electron chi connectivity index (χ1n) is 7.10. The predicted molar refractivity (Wildman–Crippen MR) is 84.9 cm³/mol. The maximum atomic E-state index is 12.0. The molecule has 0 aliphatic carbocycles. The van der Waals surface area contributed by atoms with E-state index in [0.717, 1.165) is 11.3 Å². The maximum absolute atomic E-state index is 12.0. The van der Waals surface area contributed by atoms with Crippen LogP contribution >= 0.6 is 11.8 Å². The molecule has 2 aromatic rings. The van der Waals surface area contributed by atoms with Crippen LogP contribution in [0.5, 0.6) is 0 Å². The van der Waals surface area contributed by atoms with E-state index < -0.39 is 0 Å². The minimum absolute atomic E-state index is 0.132. The number of rotatable bonds is 5. The van der Waals surface area contributed by atoms with Crippen LogP contribution in [0, 0.1) is 25.2 Å². The van der Waals surface area contributed by atoms with E-state index in [9.17, 15) is 4.79 Å². The highest BCUT2D eigenvalue weighted by atomic mass is 32.2. The van der Waals surface area contributed by atoms with Crippen molar-refractivity contribution in [2.24, 2.45) is 0 Å². The number of pyridine rings is 1. The van der Waals surface area contributed by atoms with Crippen LogP contribution in [0.3, 0.4) is 0 Å². The number of aromatic nitrogens is 3. The fourth-order valence-electron chi connectivity index (χ4n) is 1.74. The van der Waals surface area contributed by atoms with Gasteiger partial charge in [0.15, 0.2) is 6.04 Å². The second kappa shape index (κ2) is 7.24. The zero-order valence-electron chi connectivity index (χ0n) is 13.5. The molecule has 0 aliphatic heterocycles. The summed E-state index contributed by atoms with van der Waals surface area (Å²) in [5, 5.41) is 16.1. The van der Waals surface area contributed by atoms with E-state index in [4.69, 9.17) is 9.78 Å². The lowest BCUT2D eigenvalue weighted by atomic mass is 10.2. The standard InChI is InChI=1S/C15H17N5O2S/c1-9(2)20-7-14(22-19-20)18-13(21)8-23-15-12(6-16)5-10(3)11(4)17-15/h5,7,9H,8H2,1-4H3/p+1. The van der Waals surface area contributed by atoms with Gasteiger partial charge < -0.3 is 0 Å². The van der Waals surface area contributed by atoms with Crippen LogP contribution in [-0.4, -0.2) is 21.9 Å². The van der Waals surface area contributed by atoms with Crippen molar-refractivity contribution >= 4 is 23.6 Å². The van der Waals surface area contributed by atoms with Gasteiger partial charge in [-0.2, -0.15) is 5.26 Å². The van der Waals surface area contributed by atoms with Crippen LogP contribution < -0.4 is 10.00 Å². The van der Waals surface area contributed by atoms with E-state index in [1.54, 1.807) is 16.9 Å². The summed E-state index contributed by atoms with van der Waals surface area (Å²) in [4.78, 5) is 16.3. The quantitative estimate of drug-likeness (QED) is 0.666. The molecule has 8 heteroatoms. The van der Waals surface area contributed by atoms with Crippen LogP contribution in [0.4, 0.5) is 5.88 Å². The smallest absolute Gasteiger partial charge is 0.288 e. The second-order valence-corrected chi connectivity index (χ2v) is 6.30. The predicted octanol–water partition coefficient (Wildman–Crippen LogP) is 2.16. The maximum Gasteiger partial charge on any atom is 0.302 e. The van der Waals surface area contributed by atoms with Gasteiger partial charge in [-0.1, -0.05) is 11.8 Å². The first-order chi connectivity index (χ1) is 10.9. The van der Waals surface area contributed by atoms with Crippen LogP contribution in [0.15, 0.2) is 21.8 Å². The lowest BCUT2D eigenvalue weighted by Gasteiger charge is -2.06. The van der Waals surface area contributed by atoms with Gasteiger partial charge in [-0.3, -0.25) is 14.6 Å². The molecule has 0 fully saturated rings. The number of nitriles is 1. The topological polar surface area (TPSA) is 95.7 Å². The van der Waals surface area contributed by atoms with Crippen LogP contribution in [-0.2, 0) is 4.79 Å². The summed E-state index contributed by atoms with van der Waals surface area (Å²) in [6.07, 6.45) is 1.63. The Balaban J connectivity index is 1.99. The number of amides is 1. The molecule has 0 bridgehead atoms. The molecule has 23 heavy (non-hydrogen) atoms. The second-order valence-electron chi connectivity index (χ2n) is 5.33. The molecular formula is C15H18N5O2S+. The molecule has 1 N–H and O–H groups in total. The normalized spacial score (nSPS) is 10.6. The Morgan fingerprint density at radius 3 is 2.87 bits per heavy atom. The highest BCUT2D eigenvalue weighted by molar-refractivity contribution is 8.00. The molecule has 0 spiro atoms. The third-order valence-electron chi connectivity index (χ3n) is 3.17. The molecule has 1 amide bonds. The fraction of sp³-hybridized carbons (Fsp3) is 0.400. The van der Waals surface area contributed by atoms with Gasteiger partial charge in [-0.15, -0.1) is 0 Å². The molecular weight excluding hydrogens is 314 g/mol. The Morgan fingerprint density at radius 1 is 1.52 bits per heavy atom. The summed E-state index contributed by atoms with van der Waals surface area (Å²) < 4.78 is 6.64. The molecule has 0 atom stereocenters. The van der Waals surface area contributed by atoms with Crippen molar-refractivity contribution < 1.29 is 14.0 Å². The lowest BCUT2D eigenvalue weighted by Crippen LogP contribution is -2.36. The van der Waals surface area contributed by atoms with Crippen LogP contribution in [0.25, 0.3) is 0 Å². The van der Waals surface area contributed by atoms with E-state index in [1.807, 2.05) is 27.7 Å². The SMILES string of the molecule is Cc1cc(C#N)c(SCC(=O)Nc2c[n+](C(C)C)no2)nc1C. The zero-order chi connectivity index (χ0) is 17.0. The number of thioether (sulfide) groups is 1. The molecule has 0 saturated heterocycles. The lowest BCUT2D eigenvalue weighted by molar-refractivity contribution is -0.779. The zero-order valence-corrected chi connectivity index (χ0v) is 14.3. The van der Waals surface area contributed by atoms with Crippen molar-refractivity contribution in [2.75, 3.05) is 11.1 Å². The van der Waals surface area contributed by atoms with Gasteiger partial charge in [0, 0.05) is 5.69 Å². The number of nitrogens with zero attached hydrogens (tertiary/aromatic N) is 4. The summed E-state index contributed by atoms with van der Waals surface area (Å²) in [6.45, 7) is 7.69. The van der Waals surface area contributed by atoms with E-state index in [-0.39, 0.29) is 23.6 Å². The van der Waals surface area contributed by atoms with Gasteiger partial charge in [0.2, 0.25) is 11.2 Å². The van der Waals surface area contributed by atoms with Crippen molar-refractivity contribution in [2.45, 2.75) is 38.8 Å². The van der Waals surface area contributed by atoms with Crippen molar-refractivity contribution in [1.29, 1.82) is 5.26 Å². The minimum atomic E-state index is -0.244. The number of nitrogens with one attached hydrogen (secondary N) is 1. The number of anilines is 1. The van der Waals surface area contributed by atoms with Crippen LogP contribution in [0.1, 0.15) is 36.7 Å². The number of hydrogen-bond acceptors (Lipinski definition) is 6. The summed E-state index contributed by atoms with van der Waals surface area (Å²) in [6, 6.07) is 4.04. The first-order valence-corrected chi connectivity index (χ1v) is 8.08. The van der Waals surface area contributed by atoms with Crippen molar-refractivity contribution in [3.8, 4) is 6.07 Å². The van der Waals surface area contributed by atoms with Gasteiger partial charge in [0.1, 0.15) is 11.1 Å². The van der Waals surface area contributed by atoms with E-state index in [2.05, 4.69) is 21.6 Å². The van der Waals surface area contributed by atoms with Gasteiger partial charge >= 0.3 is 5.88 Å². The molecule has 7 nitrogen and oxygen atoms in total. The first kappa shape index (κ1) is 17.0. The molecule has 2 rings (SSSR count). The summed E-state index contributed by atoms with van der Waals surface area (Å²) in [5.41, 5.74) is 2.28. The van der Waals surface area contributed by atoms with E-state index in [0.29, 0.717) is 10.6 Å². The molecule has 0 aliphatic rings. The Labute approximate surface area is 138 Å². The van der Waals surface area contributed by atoms with E-state index in [1.165, 1.54) is 11.8 Å². The highest BCUT2D eigenvalue weighted by Crippen LogP contribution is 2.22. The number of aryl methyl sites for hydroxylation is 2. The molecule has 120 valence electrons. The third kappa shape index (κ3) is 4.29. The number of hydrogen-bond donors (Lipinski definition) is 1. The fourth-order valence-corrected chi connectivity index (χ4v) is 2.54. The Morgan fingerprint density at radius 2 is 2.26 bits per heavy atom. The average molecular weight is 332 g/mol. The van der Waals surface area contributed by atoms with Gasteiger partial charge in [-0.05, 0) is 44.0 Å². The van der Waals surface area contributed by atoms with Gasteiger partial charge in [-0.25, -0.2) is 4.98 Å². The Hall–Kier alpha value is -2.40. The van der Waals surface area contributed by atoms with Gasteiger partial charge in [0.05, 0.1) is 11.3 Å². The molecule has 2 heterocycles. The molecule has 0 radical (unpaired) electrons. The third-order valence-corrected chi connectivity index (χ3v) is 4.16.